The first-order valence-corrected chi connectivity index (χ1v) is 8.34. The second-order valence-corrected chi connectivity index (χ2v) is 7.73. The Morgan fingerprint density at radius 1 is 1.41 bits per heavy atom. The zero-order valence-electron chi connectivity index (χ0n) is 12.4. The molecule has 1 aromatic heterocycles. The summed E-state index contributed by atoms with van der Waals surface area (Å²) in [5.74, 6) is -1.20. The lowest BCUT2D eigenvalue weighted by Gasteiger charge is -2.17. The van der Waals surface area contributed by atoms with Gasteiger partial charge in [-0.25, -0.2) is 17.7 Å². The molecule has 8 nitrogen and oxygen atoms in total. The van der Waals surface area contributed by atoms with E-state index >= 15 is 0 Å². The summed E-state index contributed by atoms with van der Waals surface area (Å²) in [6, 6.07) is 2.73. The number of aliphatic hydroxyl groups is 1. The zero-order chi connectivity index (χ0) is 16.5. The molecule has 0 saturated carbocycles. The summed E-state index contributed by atoms with van der Waals surface area (Å²) < 4.78 is 24.9. The second kappa shape index (κ2) is 6.19. The van der Waals surface area contributed by atoms with E-state index in [-0.39, 0.29) is 30.3 Å². The maximum absolute atomic E-state index is 12.3. The van der Waals surface area contributed by atoms with Gasteiger partial charge in [0.15, 0.2) is 0 Å². The summed E-state index contributed by atoms with van der Waals surface area (Å²) >= 11 is 0. The number of amides is 1. The van der Waals surface area contributed by atoms with Crippen LogP contribution in [0.4, 0.5) is 0 Å². The number of hydrogen-bond acceptors (Lipinski definition) is 6. The Bertz CT molecular complexity index is 644. The highest BCUT2D eigenvalue weighted by atomic mass is 32.2. The van der Waals surface area contributed by atoms with Gasteiger partial charge in [0.2, 0.25) is 10.0 Å². The molecule has 1 aromatic rings. The van der Waals surface area contributed by atoms with Gasteiger partial charge in [-0.05, 0) is 12.1 Å². The van der Waals surface area contributed by atoms with Crippen molar-refractivity contribution in [1.82, 2.24) is 14.2 Å². The molecule has 0 bridgehead atoms. The lowest BCUT2D eigenvalue weighted by molar-refractivity contribution is 0.0759. The van der Waals surface area contributed by atoms with Crippen LogP contribution in [0.25, 0.3) is 0 Å². The number of likely N-dealkylation sites (tertiary alicyclic amines) is 1. The minimum absolute atomic E-state index is 0.0482. The summed E-state index contributed by atoms with van der Waals surface area (Å²) in [5, 5.41) is 19.2. The fourth-order valence-electron chi connectivity index (χ4n) is 2.28. The van der Waals surface area contributed by atoms with Crippen LogP contribution < -0.4 is 0 Å². The van der Waals surface area contributed by atoms with Crippen LogP contribution in [0.5, 0.6) is 5.75 Å². The Labute approximate surface area is 129 Å². The van der Waals surface area contributed by atoms with Crippen LogP contribution in [0, 0.1) is 5.92 Å². The standard InChI is InChI=1S/C13H19N3O5S/c1-15(2)22(20,21)8-9-6-16(7-12(9)18)13(19)11-4-3-10(17)5-14-11/h3-5,9,12,17-18H,6-8H2,1-2H3/t9-,12+/m0/s1. The van der Waals surface area contributed by atoms with E-state index in [1.54, 1.807) is 0 Å². The highest BCUT2D eigenvalue weighted by Gasteiger charge is 2.37. The molecule has 2 heterocycles. The molecule has 0 radical (unpaired) electrons. The first-order valence-electron chi connectivity index (χ1n) is 6.73. The smallest absolute Gasteiger partial charge is 0.272 e. The Hall–Kier alpha value is -1.71. The largest absolute Gasteiger partial charge is 0.506 e. The monoisotopic (exact) mass is 329 g/mol. The van der Waals surface area contributed by atoms with Gasteiger partial charge in [0.25, 0.3) is 5.91 Å². The quantitative estimate of drug-likeness (QED) is 0.741. The van der Waals surface area contributed by atoms with E-state index in [1.165, 1.54) is 31.1 Å². The highest BCUT2D eigenvalue weighted by molar-refractivity contribution is 7.89. The summed E-state index contributed by atoms with van der Waals surface area (Å²) in [5.41, 5.74) is 0.140. The minimum atomic E-state index is -3.45. The number of β-amino-alcohol motifs (C(OH)–C–C–N with tert-alkyl or cyclic N) is 1. The van der Waals surface area contributed by atoms with Crippen LogP contribution >= 0.6 is 0 Å². The van der Waals surface area contributed by atoms with Crippen molar-refractivity contribution in [1.29, 1.82) is 0 Å². The van der Waals surface area contributed by atoms with Crippen LogP contribution in [-0.4, -0.2) is 77.8 Å². The average Bonchev–Trinajstić information content (AvgIpc) is 2.79. The van der Waals surface area contributed by atoms with E-state index in [1.807, 2.05) is 0 Å². The minimum Gasteiger partial charge on any atom is -0.506 e. The number of nitrogens with zero attached hydrogens (tertiary/aromatic N) is 3. The molecule has 2 rings (SSSR count). The Morgan fingerprint density at radius 3 is 2.64 bits per heavy atom. The summed E-state index contributed by atoms with van der Waals surface area (Å²) in [6.07, 6.45) is 0.268. The van der Waals surface area contributed by atoms with Crippen molar-refractivity contribution in [2.24, 2.45) is 5.92 Å². The predicted octanol–water partition coefficient (Wildman–Crippen LogP) is -0.889. The fourth-order valence-corrected chi connectivity index (χ4v) is 3.44. The molecule has 1 aliphatic heterocycles. The number of rotatable bonds is 4. The lowest BCUT2D eigenvalue weighted by Crippen LogP contribution is -2.33. The molecule has 0 unspecified atom stereocenters. The molecule has 1 amide bonds. The van der Waals surface area contributed by atoms with E-state index in [2.05, 4.69) is 4.98 Å². The van der Waals surface area contributed by atoms with E-state index in [4.69, 9.17) is 5.11 Å². The molecule has 2 atom stereocenters. The van der Waals surface area contributed by atoms with Crippen molar-refractivity contribution in [2.45, 2.75) is 6.10 Å². The first-order chi connectivity index (χ1) is 10.2. The predicted molar refractivity (Wildman–Crippen MR) is 78.8 cm³/mol. The van der Waals surface area contributed by atoms with Crippen LogP contribution in [0.1, 0.15) is 10.5 Å². The van der Waals surface area contributed by atoms with Crippen molar-refractivity contribution in [2.75, 3.05) is 32.9 Å². The molecule has 22 heavy (non-hydrogen) atoms. The third kappa shape index (κ3) is 3.54. The molecular weight excluding hydrogens is 310 g/mol. The average molecular weight is 329 g/mol. The number of aliphatic hydroxyl groups excluding tert-OH is 1. The van der Waals surface area contributed by atoms with Crippen LogP contribution in [0.2, 0.25) is 0 Å². The van der Waals surface area contributed by atoms with E-state index in [9.17, 15) is 18.3 Å². The Kier molecular flexibility index (Phi) is 4.69. The third-order valence-corrected chi connectivity index (χ3v) is 5.60. The molecule has 1 saturated heterocycles. The molecule has 9 heteroatoms. The topological polar surface area (TPSA) is 111 Å². The second-order valence-electron chi connectivity index (χ2n) is 5.50. The third-order valence-electron chi connectivity index (χ3n) is 3.64. The maximum atomic E-state index is 12.3. The molecule has 2 N–H and O–H groups in total. The van der Waals surface area contributed by atoms with Gasteiger partial charge in [-0.1, -0.05) is 0 Å². The molecule has 0 spiro atoms. The van der Waals surface area contributed by atoms with E-state index < -0.39 is 28.0 Å². The van der Waals surface area contributed by atoms with Gasteiger partial charge in [-0.2, -0.15) is 0 Å². The van der Waals surface area contributed by atoms with Crippen molar-refractivity contribution in [3.8, 4) is 5.75 Å². The Balaban J connectivity index is 2.07. The van der Waals surface area contributed by atoms with Gasteiger partial charge in [0, 0.05) is 33.1 Å². The zero-order valence-corrected chi connectivity index (χ0v) is 13.2. The van der Waals surface area contributed by atoms with Crippen molar-refractivity contribution < 1.29 is 23.4 Å². The van der Waals surface area contributed by atoms with Gasteiger partial charge in [0.05, 0.1) is 18.1 Å². The lowest BCUT2D eigenvalue weighted by atomic mass is 10.1. The van der Waals surface area contributed by atoms with Gasteiger partial charge in [-0.15, -0.1) is 0 Å². The number of carbonyl (C=O) groups excluding carboxylic acids is 1. The Morgan fingerprint density at radius 2 is 2.09 bits per heavy atom. The van der Waals surface area contributed by atoms with Gasteiger partial charge >= 0.3 is 0 Å². The van der Waals surface area contributed by atoms with Crippen molar-refractivity contribution >= 4 is 15.9 Å². The normalized spacial score (nSPS) is 22.3. The molecule has 122 valence electrons. The van der Waals surface area contributed by atoms with Crippen molar-refractivity contribution in [3.05, 3.63) is 24.0 Å². The van der Waals surface area contributed by atoms with Crippen LogP contribution in [-0.2, 0) is 10.0 Å². The summed E-state index contributed by atoms with van der Waals surface area (Å²) in [6.45, 7) is 0.213. The molecule has 0 aliphatic carbocycles. The van der Waals surface area contributed by atoms with E-state index in [0.29, 0.717) is 0 Å². The van der Waals surface area contributed by atoms with Crippen molar-refractivity contribution in [3.63, 3.8) is 0 Å². The first kappa shape index (κ1) is 16.7. The number of sulfonamides is 1. The van der Waals surface area contributed by atoms with Gasteiger partial charge < -0.3 is 15.1 Å². The summed E-state index contributed by atoms with van der Waals surface area (Å²) in [4.78, 5) is 17.5. The SMILES string of the molecule is CN(C)S(=O)(=O)C[C@@H]1CN(C(=O)c2ccc(O)cn2)C[C@H]1O. The fraction of sp³-hybridized carbons (Fsp3) is 0.538. The van der Waals surface area contributed by atoms with Gasteiger partial charge in [-0.3, -0.25) is 4.79 Å². The number of hydrogen-bond donors (Lipinski definition) is 2. The maximum Gasteiger partial charge on any atom is 0.272 e. The number of aromatic nitrogens is 1. The molecule has 1 aliphatic rings. The number of carbonyl (C=O) groups is 1. The molecular formula is C13H19N3O5S. The number of pyridine rings is 1. The summed E-state index contributed by atoms with van der Waals surface area (Å²) in [7, 11) is -0.586. The molecule has 1 fully saturated rings. The van der Waals surface area contributed by atoms with Crippen LogP contribution in [0.3, 0.4) is 0 Å². The van der Waals surface area contributed by atoms with Gasteiger partial charge in [0.1, 0.15) is 11.4 Å². The van der Waals surface area contributed by atoms with E-state index in [0.717, 1.165) is 10.5 Å². The highest BCUT2D eigenvalue weighted by Crippen LogP contribution is 2.21. The van der Waals surface area contributed by atoms with Crippen LogP contribution in [0.15, 0.2) is 18.3 Å². The number of aromatic hydroxyl groups is 1. The molecule has 0 aromatic carbocycles.